The fourth-order valence-corrected chi connectivity index (χ4v) is 7.86. The van der Waals surface area contributed by atoms with Crippen LogP contribution in [-0.2, 0) is 11.3 Å². The fourth-order valence-electron chi connectivity index (χ4n) is 6.27. The molecule has 47 heavy (non-hydrogen) atoms. The normalized spacial score (nSPS) is 17.2. The van der Waals surface area contributed by atoms with E-state index in [0.717, 1.165) is 64.7 Å². The predicted octanol–water partition coefficient (Wildman–Crippen LogP) is 4.26. The molecule has 4 heterocycles. The molecule has 2 aliphatic rings. The molecule has 2 saturated heterocycles. The Bertz CT molecular complexity index is 1780. The Morgan fingerprint density at radius 3 is 2.62 bits per heavy atom. The van der Waals surface area contributed by atoms with E-state index < -0.39 is 12.2 Å². The van der Waals surface area contributed by atoms with Gasteiger partial charge in [0.05, 0.1) is 41.7 Å². The van der Waals surface area contributed by atoms with Crippen molar-refractivity contribution in [2.45, 2.75) is 38.0 Å². The number of rotatable bonds is 10. The minimum absolute atomic E-state index is 0.0464. The van der Waals surface area contributed by atoms with E-state index in [0.29, 0.717) is 42.3 Å². The number of fused-ring (bicyclic) bond motifs is 1. The first-order valence-electron chi connectivity index (χ1n) is 15.5. The number of carbonyl (C=O) groups is 2. The van der Waals surface area contributed by atoms with Crippen LogP contribution in [0.15, 0.2) is 52.6 Å². The SMILES string of the molecule is Cc1cc(C(=O)N2CCOC3(CCN(CCOc4ccc(CN(CC(O)c5ccc(O)c6[nH]c(=O)sc56)C(=O)O)cc4)CC3)C2)cs1. The Labute approximate surface area is 279 Å². The number of piperidine rings is 1. The summed E-state index contributed by atoms with van der Waals surface area (Å²) < 4.78 is 12.6. The third-order valence-electron chi connectivity index (χ3n) is 8.86. The van der Waals surface area contributed by atoms with Crippen molar-refractivity contribution in [1.29, 1.82) is 0 Å². The highest BCUT2D eigenvalue weighted by atomic mass is 32.1. The molecule has 0 bridgehead atoms. The van der Waals surface area contributed by atoms with Gasteiger partial charge in [0.1, 0.15) is 23.6 Å². The molecule has 2 amide bonds. The summed E-state index contributed by atoms with van der Waals surface area (Å²) in [7, 11) is 0. The van der Waals surface area contributed by atoms with Gasteiger partial charge in [-0.15, -0.1) is 11.3 Å². The Kier molecular flexibility index (Phi) is 9.85. The number of nitrogens with zero attached hydrogens (tertiary/aromatic N) is 3. The highest BCUT2D eigenvalue weighted by Crippen LogP contribution is 2.33. The van der Waals surface area contributed by atoms with Gasteiger partial charge in [0.15, 0.2) is 0 Å². The number of likely N-dealkylation sites (tertiary alicyclic amines) is 1. The summed E-state index contributed by atoms with van der Waals surface area (Å²) >= 11 is 2.44. The lowest BCUT2D eigenvalue weighted by atomic mass is 9.89. The maximum Gasteiger partial charge on any atom is 0.407 e. The van der Waals surface area contributed by atoms with Crippen LogP contribution in [0, 0.1) is 6.92 Å². The van der Waals surface area contributed by atoms with Crippen molar-refractivity contribution >= 4 is 44.9 Å². The lowest BCUT2D eigenvalue weighted by Gasteiger charge is -2.47. The molecule has 0 saturated carbocycles. The zero-order chi connectivity index (χ0) is 33.1. The van der Waals surface area contributed by atoms with E-state index in [2.05, 4.69) is 9.88 Å². The van der Waals surface area contributed by atoms with Crippen LogP contribution >= 0.6 is 22.7 Å². The number of aliphatic hydroxyl groups excluding tert-OH is 1. The minimum atomic E-state index is -1.20. The number of phenols is 1. The zero-order valence-electron chi connectivity index (χ0n) is 26.0. The number of H-pyrrole nitrogens is 1. The molecular weight excluding hydrogens is 645 g/mol. The average Bonchev–Trinajstić information content (AvgIpc) is 3.68. The number of aromatic nitrogens is 1. The van der Waals surface area contributed by atoms with E-state index in [1.807, 2.05) is 23.3 Å². The molecule has 12 nitrogen and oxygen atoms in total. The van der Waals surface area contributed by atoms with Crippen molar-refractivity contribution in [2.75, 3.05) is 52.5 Å². The van der Waals surface area contributed by atoms with Crippen LogP contribution in [-0.4, -0.2) is 105 Å². The number of amides is 2. The van der Waals surface area contributed by atoms with Crippen molar-refractivity contribution in [3.8, 4) is 11.5 Å². The summed E-state index contributed by atoms with van der Waals surface area (Å²) in [5.41, 5.74) is 1.78. The number of hydrogen-bond acceptors (Lipinski definition) is 10. The number of phenolic OH excluding ortho intramolecular Hbond substituents is 1. The molecule has 2 aromatic carbocycles. The molecule has 2 aromatic heterocycles. The Morgan fingerprint density at radius 1 is 1.15 bits per heavy atom. The summed E-state index contributed by atoms with van der Waals surface area (Å²) in [6.45, 7) is 6.59. The summed E-state index contributed by atoms with van der Waals surface area (Å²) in [5, 5.41) is 32.6. The molecule has 250 valence electrons. The predicted molar refractivity (Wildman–Crippen MR) is 179 cm³/mol. The molecule has 0 aliphatic carbocycles. The number of carboxylic acid groups (broad SMARTS) is 1. The minimum Gasteiger partial charge on any atom is -0.506 e. The second kappa shape index (κ2) is 14.0. The standard InChI is InChI=1S/C33H38N4O8S2/c1-21-16-23(19-46-21)30(40)36-13-15-45-33(20-36)8-10-35(11-9-33)12-14-44-24-4-2-22(3-5-24)17-37(32(42)43)18-27(39)25-6-7-26(38)28-29(25)47-31(41)34-28/h2-7,16,19,27,38-39H,8-15,17-18,20H2,1H3,(H,34,41)(H,42,43). The number of carbonyl (C=O) groups excluding carboxylic acids is 1. The van der Waals surface area contributed by atoms with Crippen molar-refractivity contribution in [1.82, 2.24) is 19.7 Å². The molecule has 14 heteroatoms. The number of aliphatic hydroxyl groups is 1. The second-order valence-electron chi connectivity index (χ2n) is 12.1. The van der Waals surface area contributed by atoms with Crippen molar-refractivity contribution in [3.05, 3.63) is 79.1 Å². The molecule has 1 spiro atoms. The maximum atomic E-state index is 13.0. The lowest BCUT2D eigenvalue weighted by molar-refractivity contribution is -0.127. The van der Waals surface area contributed by atoms with Crippen molar-refractivity contribution < 1.29 is 34.4 Å². The van der Waals surface area contributed by atoms with Crippen LogP contribution in [0.4, 0.5) is 4.79 Å². The lowest BCUT2D eigenvalue weighted by Crippen LogP contribution is -2.58. The summed E-state index contributed by atoms with van der Waals surface area (Å²) in [4.78, 5) is 45.5. The number of benzene rings is 2. The number of ether oxygens (including phenoxy) is 2. The van der Waals surface area contributed by atoms with E-state index >= 15 is 0 Å². The highest BCUT2D eigenvalue weighted by molar-refractivity contribution is 7.16. The average molecular weight is 683 g/mol. The number of thiazole rings is 1. The highest BCUT2D eigenvalue weighted by Gasteiger charge is 2.41. The number of hydrogen-bond donors (Lipinski definition) is 4. The summed E-state index contributed by atoms with van der Waals surface area (Å²) in [6, 6.07) is 12.0. The van der Waals surface area contributed by atoms with E-state index in [9.17, 15) is 29.7 Å². The van der Waals surface area contributed by atoms with Crippen molar-refractivity contribution in [3.63, 3.8) is 0 Å². The Balaban J connectivity index is 0.962. The first-order valence-corrected chi connectivity index (χ1v) is 17.2. The maximum absolute atomic E-state index is 13.0. The molecule has 4 N–H and O–H groups in total. The largest absolute Gasteiger partial charge is 0.506 e. The smallest absolute Gasteiger partial charge is 0.407 e. The zero-order valence-corrected chi connectivity index (χ0v) is 27.6. The van der Waals surface area contributed by atoms with Gasteiger partial charge >= 0.3 is 11.0 Å². The van der Waals surface area contributed by atoms with Crippen LogP contribution < -0.4 is 9.61 Å². The van der Waals surface area contributed by atoms with E-state index in [1.54, 1.807) is 35.6 Å². The second-order valence-corrected chi connectivity index (χ2v) is 14.2. The number of aromatic hydroxyl groups is 1. The number of thiophene rings is 1. The van der Waals surface area contributed by atoms with Crippen LogP contribution in [0.3, 0.4) is 0 Å². The summed E-state index contributed by atoms with van der Waals surface area (Å²) in [5.74, 6) is 0.641. The van der Waals surface area contributed by atoms with Gasteiger partial charge in [-0.2, -0.15) is 0 Å². The monoisotopic (exact) mass is 682 g/mol. The molecule has 6 rings (SSSR count). The van der Waals surface area contributed by atoms with Crippen molar-refractivity contribution in [2.24, 2.45) is 0 Å². The molecule has 1 atom stereocenters. The molecule has 0 radical (unpaired) electrons. The Hall–Kier alpha value is -3.95. The van der Waals surface area contributed by atoms with Gasteiger partial charge in [-0.1, -0.05) is 29.5 Å². The van der Waals surface area contributed by atoms with Gasteiger partial charge in [0.2, 0.25) is 0 Å². The van der Waals surface area contributed by atoms with E-state index in [4.69, 9.17) is 9.47 Å². The van der Waals surface area contributed by atoms with Gasteiger partial charge < -0.3 is 39.6 Å². The van der Waals surface area contributed by atoms with Gasteiger partial charge in [0, 0.05) is 48.5 Å². The van der Waals surface area contributed by atoms with E-state index in [-0.39, 0.29) is 40.7 Å². The first kappa shape index (κ1) is 33.0. The molecule has 2 fully saturated rings. The van der Waals surface area contributed by atoms with Crippen LogP contribution in [0.2, 0.25) is 0 Å². The summed E-state index contributed by atoms with van der Waals surface area (Å²) in [6.07, 6.45) is -0.687. The van der Waals surface area contributed by atoms with Gasteiger partial charge in [0.25, 0.3) is 5.91 Å². The number of aromatic amines is 1. The number of aryl methyl sites for hydroxylation is 1. The quantitative estimate of drug-likeness (QED) is 0.192. The fraction of sp³-hybridized carbons (Fsp3) is 0.424. The van der Waals surface area contributed by atoms with Gasteiger partial charge in [-0.3, -0.25) is 14.5 Å². The third kappa shape index (κ3) is 7.63. The first-order chi connectivity index (χ1) is 22.6. The van der Waals surface area contributed by atoms with Crippen LogP contribution in [0.5, 0.6) is 11.5 Å². The molecular formula is C33H38N4O8S2. The third-order valence-corrected chi connectivity index (χ3v) is 10.7. The van der Waals surface area contributed by atoms with Crippen LogP contribution in [0.1, 0.15) is 45.3 Å². The van der Waals surface area contributed by atoms with Gasteiger partial charge in [-0.25, -0.2) is 4.79 Å². The molecule has 2 aliphatic heterocycles. The number of morpholine rings is 1. The molecule has 1 unspecified atom stereocenters. The topological polar surface area (TPSA) is 156 Å². The number of nitrogens with one attached hydrogen (secondary N) is 1. The van der Waals surface area contributed by atoms with Crippen LogP contribution in [0.25, 0.3) is 10.2 Å². The van der Waals surface area contributed by atoms with Gasteiger partial charge in [-0.05, 0) is 49.6 Å². The van der Waals surface area contributed by atoms with E-state index in [1.165, 1.54) is 12.1 Å². The molecule has 4 aromatic rings. The Morgan fingerprint density at radius 2 is 1.91 bits per heavy atom.